The molecule has 0 aromatic heterocycles. The summed E-state index contributed by atoms with van der Waals surface area (Å²) < 4.78 is 0. The number of benzene rings is 1. The van der Waals surface area contributed by atoms with E-state index >= 15 is 0 Å². The Kier molecular flexibility index (Phi) is 2.19. The van der Waals surface area contributed by atoms with Crippen molar-refractivity contribution in [2.24, 2.45) is 0 Å². The predicted molar refractivity (Wildman–Crippen MR) is 44.5 cm³/mol. The fourth-order valence-electron chi connectivity index (χ4n) is 0.809. The molecular weight excluding hydrogens is 182 g/mol. The Bertz CT molecular complexity index is 338. The Balaban J connectivity index is 3.36. The Hall–Kier alpha value is -1.29. The lowest BCUT2D eigenvalue weighted by Crippen LogP contribution is -1.90. The van der Waals surface area contributed by atoms with Crippen molar-refractivity contribution in [3.05, 3.63) is 32.8 Å². The van der Waals surface area contributed by atoms with E-state index in [0.29, 0.717) is 10.6 Å². The van der Waals surface area contributed by atoms with Gasteiger partial charge >= 0.3 is 5.69 Å². The van der Waals surface area contributed by atoms with Gasteiger partial charge in [0.25, 0.3) is 0 Å². The summed E-state index contributed by atoms with van der Waals surface area (Å²) in [5, 5.41) is 19.8. The van der Waals surface area contributed by atoms with Gasteiger partial charge in [-0.3, -0.25) is 10.1 Å². The van der Waals surface area contributed by atoms with Gasteiger partial charge in [-0.1, -0.05) is 11.6 Å². The van der Waals surface area contributed by atoms with Crippen LogP contribution in [0.3, 0.4) is 0 Å². The highest BCUT2D eigenvalue weighted by molar-refractivity contribution is 6.31. The van der Waals surface area contributed by atoms with Gasteiger partial charge in [-0.2, -0.15) is 0 Å². The standard InChI is InChI=1S/C7H6ClNO3/c1-4-5(8)2-3-6(7(4)10)9(11)12/h2-3,10H,1H3. The van der Waals surface area contributed by atoms with Crippen LogP contribution in [0.15, 0.2) is 12.1 Å². The van der Waals surface area contributed by atoms with Gasteiger partial charge in [-0.05, 0) is 13.0 Å². The predicted octanol–water partition coefficient (Wildman–Crippen LogP) is 2.26. The molecule has 1 aromatic carbocycles. The zero-order valence-corrected chi connectivity index (χ0v) is 7.00. The molecule has 0 saturated carbocycles. The van der Waals surface area contributed by atoms with Crippen LogP contribution in [0.4, 0.5) is 5.69 Å². The highest BCUT2D eigenvalue weighted by atomic mass is 35.5. The maximum Gasteiger partial charge on any atom is 0.311 e. The number of nitrogens with zero attached hydrogens (tertiary/aromatic N) is 1. The quantitative estimate of drug-likeness (QED) is 0.542. The van der Waals surface area contributed by atoms with Crippen molar-refractivity contribution in [1.29, 1.82) is 0 Å². The van der Waals surface area contributed by atoms with E-state index in [2.05, 4.69) is 0 Å². The molecule has 0 aliphatic rings. The number of halogens is 1. The summed E-state index contributed by atoms with van der Waals surface area (Å²) in [5.41, 5.74) is 0.00256. The molecule has 0 aliphatic heterocycles. The van der Waals surface area contributed by atoms with Crippen LogP contribution in [0.5, 0.6) is 5.75 Å². The van der Waals surface area contributed by atoms with Crippen LogP contribution in [0.25, 0.3) is 0 Å². The molecule has 64 valence electrons. The first kappa shape index (κ1) is 8.80. The van der Waals surface area contributed by atoms with E-state index in [0.717, 1.165) is 0 Å². The molecule has 0 heterocycles. The molecular formula is C7H6ClNO3. The van der Waals surface area contributed by atoms with Crippen molar-refractivity contribution in [2.45, 2.75) is 6.92 Å². The maximum atomic E-state index is 10.3. The van der Waals surface area contributed by atoms with Gasteiger partial charge in [0.2, 0.25) is 0 Å². The van der Waals surface area contributed by atoms with E-state index in [1.54, 1.807) is 0 Å². The van der Waals surface area contributed by atoms with Crippen LogP contribution in [0.2, 0.25) is 5.02 Å². The number of hydrogen-bond donors (Lipinski definition) is 1. The zero-order valence-electron chi connectivity index (χ0n) is 6.24. The van der Waals surface area contributed by atoms with Gasteiger partial charge in [-0.15, -0.1) is 0 Å². The average Bonchev–Trinajstić information content (AvgIpc) is 2.00. The normalized spacial score (nSPS) is 9.83. The SMILES string of the molecule is Cc1c(Cl)ccc([N+](=O)[O-])c1O. The Labute approximate surface area is 73.5 Å². The van der Waals surface area contributed by atoms with Crippen LogP contribution in [-0.4, -0.2) is 10.0 Å². The minimum atomic E-state index is -0.654. The largest absolute Gasteiger partial charge is 0.502 e. The highest BCUT2D eigenvalue weighted by Gasteiger charge is 2.16. The fraction of sp³-hybridized carbons (Fsp3) is 0.143. The minimum Gasteiger partial charge on any atom is -0.502 e. The Morgan fingerprint density at radius 2 is 2.17 bits per heavy atom. The summed E-state index contributed by atoms with van der Waals surface area (Å²) in [6, 6.07) is 2.55. The van der Waals surface area contributed by atoms with Gasteiger partial charge in [0, 0.05) is 16.7 Å². The third-order valence-electron chi connectivity index (χ3n) is 1.54. The van der Waals surface area contributed by atoms with Crippen molar-refractivity contribution in [3.63, 3.8) is 0 Å². The van der Waals surface area contributed by atoms with Crippen molar-refractivity contribution in [2.75, 3.05) is 0 Å². The van der Waals surface area contributed by atoms with Gasteiger partial charge in [0.1, 0.15) is 0 Å². The second-order valence-electron chi connectivity index (χ2n) is 2.30. The number of phenolic OH excluding ortho intramolecular Hbond substituents is 1. The lowest BCUT2D eigenvalue weighted by molar-refractivity contribution is -0.385. The number of aromatic hydroxyl groups is 1. The summed E-state index contributed by atoms with van der Waals surface area (Å²) in [5.74, 6) is -0.368. The average molecular weight is 188 g/mol. The molecule has 5 heteroatoms. The van der Waals surface area contributed by atoms with E-state index < -0.39 is 4.92 Å². The van der Waals surface area contributed by atoms with E-state index in [1.165, 1.54) is 19.1 Å². The van der Waals surface area contributed by atoms with Crippen molar-refractivity contribution < 1.29 is 10.0 Å². The van der Waals surface area contributed by atoms with Crippen LogP contribution in [0, 0.1) is 17.0 Å². The first-order valence-electron chi connectivity index (χ1n) is 3.16. The number of nitro benzene ring substituents is 1. The van der Waals surface area contributed by atoms with E-state index in [4.69, 9.17) is 11.6 Å². The van der Waals surface area contributed by atoms with Gasteiger partial charge in [0.15, 0.2) is 5.75 Å². The lowest BCUT2D eigenvalue weighted by Gasteiger charge is -2.00. The molecule has 0 atom stereocenters. The second-order valence-corrected chi connectivity index (χ2v) is 2.70. The highest BCUT2D eigenvalue weighted by Crippen LogP contribution is 2.33. The molecule has 1 rings (SSSR count). The van der Waals surface area contributed by atoms with Gasteiger partial charge in [-0.25, -0.2) is 0 Å². The summed E-state index contributed by atoms with van der Waals surface area (Å²) in [4.78, 5) is 9.63. The molecule has 1 aromatic rings. The molecule has 0 amide bonds. The molecule has 4 nitrogen and oxygen atoms in total. The third-order valence-corrected chi connectivity index (χ3v) is 1.95. The summed E-state index contributed by atoms with van der Waals surface area (Å²) in [6.45, 7) is 1.52. The van der Waals surface area contributed by atoms with Crippen molar-refractivity contribution >= 4 is 17.3 Å². The Morgan fingerprint density at radius 1 is 1.58 bits per heavy atom. The first-order chi connectivity index (χ1) is 5.54. The van der Waals surface area contributed by atoms with Crippen molar-refractivity contribution in [3.8, 4) is 5.75 Å². The smallest absolute Gasteiger partial charge is 0.311 e. The molecule has 0 saturated heterocycles. The lowest BCUT2D eigenvalue weighted by atomic mass is 10.2. The van der Waals surface area contributed by atoms with Crippen LogP contribution >= 0.6 is 11.6 Å². The molecule has 0 fully saturated rings. The van der Waals surface area contributed by atoms with E-state index in [1.807, 2.05) is 0 Å². The third kappa shape index (κ3) is 1.33. The monoisotopic (exact) mass is 187 g/mol. The van der Waals surface area contributed by atoms with Gasteiger partial charge in [0.05, 0.1) is 4.92 Å². The molecule has 1 N–H and O–H groups in total. The minimum absolute atomic E-state index is 0.318. The number of nitro groups is 1. The number of rotatable bonds is 1. The molecule has 0 radical (unpaired) electrons. The van der Waals surface area contributed by atoms with E-state index in [-0.39, 0.29) is 11.4 Å². The molecule has 12 heavy (non-hydrogen) atoms. The van der Waals surface area contributed by atoms with Crippen molar-refractivity contribution in [1.82, 2.24) is 0 Å². The van der Waals surface area contributed by atoms with Crippen LogP contribution in [0.1, 0.15) is 5.56 Å². The molecule has 0 bridgehead atoms. The summed E-state index contributed by atoms with van der Waals surface area (Å²) in [6.07, 6.45) is 0. The zero-order chi connectivity index (χ0) is 9.30. The van der Waals surface area contributed by atoms with E-state index in [9.17, 15) is 15.2 Å². The molecule has 0 spiro atoms. The van der Waals surface area contributed by atoms with Crippen LogP contribution < -0.4 is 0 Å². The number of phenols is 1. The first-order valence-corrected chi connectivity index (χ1v) is 3.54. The Morgan fingerprint density at radius 3 is 2.67 bits per heavy atom. The summed E-state index contributed by atoms with van der Waals surface area (Å²) in [7, 11) is 0. The van der Waals surface area contributed by atoms with Gasteiger partial charge < -0.3 is 5.11 Å². The second kappa shape index (κ2) is 2.98. The molecule has 0 unspecified atom stereocenters. The topological polar surface area (TPSA) is 63.4 Å². The van der Waals surface area contributed by atoms with Crippen LogP contribution in [-0.2, 0) is 0 Å². The fourth-order valence-corrected chi connectivity index (χ4v) is 0.961. The number of hydrogen-bond acceptors (Lipinski definition) is 3. The molecule has 0 aliphatic carbocycles. The maximum absolute atomic E-state index is 10.3. The summed E-state index contributed by atoms with van der Waals surface area (Å²) >= 11 is 5.61.